The van der Waals surface area contributed by atoms with Gasteiger partial charge in [-0.05, 0) is 57.7 Å². The summed E-state index contributed by atoms with van der Waals surface area (Å²) in [5.74, 6) is -0.573. The van der Waals surface area contributed by atoms with Crippen LogP contribution in [-0.2, 0) is 9.53 Å². The Morgan fingerprint density at radius 3 is 2.62 bits per heavy atom. The second-order valence-corrected chi connectivity index (χ2v) is 7.85. The summed E-state index contributed by atoms with van der Waals surface area (Å²) >= 11 is 3.13. The van der Waals surface area contributed by atoms with Crippen molar-refractivity contribution in [3.05, 3.63) is 40.3 Å². The summed E-state index contributed by atoms with van der Waals surface area (Å²) in [5, 5.41) is 8.96. The topological polar surface area (TPSA) is 133 Å². The summed E-state index contributed by atoms with van der Waals surface area (Å²) in [6.45, 7) is 5.77. The van der Waals surface area contributed by atoms with Gasteiger partial charge in [0.15, 0.2) is 5.78 Å². The van der Waals surface area contributed by atoms with Crippen LogP contribution in [0, 0.1) is 0 Å². The average Bonchev–Trinajstić information content (AvgIpc) is 2.65. The first-order valence-corrected chi connectivity index (χ1v) is 10.3. The number of halogens is 1. The molecule has 158 valence electrons. The van der Waals surface area contributed by atoms with Crippen molar-refractivity contribution in [2.45, 2.75) is 51.7 Å². The van der Waals surface area contributed by atoms with Crippen molar-refractivity contribution in [3.8, 4) is 0 Å². The lowest BCUT2D eigenvalue weighted by Crippen LogP contribution is -2.41. The highest BCUT2D eigenvalue weighted by atomic mass is 79.9. The Hall–Kier alpha value is -2.58. The lowest BCUT2D eigenvalue weighted by atomic mass is 10.1. The number of Topliss-reactive ketones (excluding diaryl/α,β-unsaturated/α-hetero) is 1. The van der Waals surface area contributed by atoms with Gasteiger partial charge in [-0.1, -0.05) is 33.2 Å². The molecule has 0 heterocycles. The van der Waals surface area contributed by atoms with E-state index in [1.807, 2.05) is 0 Å². The van der Waals surface area contributed by atoms with E-state index in [4.69, 9.17) is 10.3 Å². The highest BCUT2D eigenvalue weighted by Gasteiger charge is 2.20. The molecule has 0 radical (unpaired) electrons. The first kappa shape index (κ1) is 24.5. The summed E-state index contributed by atoms with van der Waals surface area (Å²) < 4.78 is 5.15. The fourth-order valence-corrected chi connectivity index (χ4v) is 2.78. The number of rotatable bonds is 10. The second kappa shape index (κ2) is 12.1. The number of amides is 2. The number of azide groups is 1. The van der Waals surface area contributed by atoms with Crippen LogP contribution < -0.4 is 10.6 Å². The van der Waals surface area contributed by atoms with E-state index < -0.39 is 23.6 Å². The third-order valence-electron chi connectivity index (χ3n) is 3.68. The average molecular weight is 468 g/mol. The van der Waals surface area contributed by atoms with Crippen LogP contribution in [0.3, 0.4) is 0 Å². The van der Waals surface area contributed by atoms with Crippen LogP contribution in [0.25, 0.3) is 10.4 Å². The molecule has 0 aliphatic rings. The van der Waals surface area contributed by atoms with E-state index in [9.17, 15) is 14.4 Å². The van der Waals surface area contributed by atoms with Gasteiger partial charge in [-0.3, -0.25) is 9.59 Å². The molecule has 0 spiro atoms. The largest absolute Gasteiger partial charge is 0.444 e. The zero-order valence-electron chi connectivity index (χ0n) is 16.8. The lowest BCUT2D eigenvalue weighted by molar-refractivity contribution is -0.118. The van der Waals surface area contributed by atoms with Crippen molar-refractivity contribution in [2.75, 3.05) is 11.9 Å². The second-order valence-electron chi connectivity index (χ2n) is 7.29. The maximum Gasteiger partial charge on any atom is 0.407 e. The summed E-state index contributed by atoms with van der Waals surface area (Å²) in [6, 6.07) is 5.55. The van der Waals surface area contributed by atoms with Gasteiger partial charge in [-0.2, -0.15) is 0 Å². The van der Waals surface area contributed by atoms with Crippen LogP contribution in [0.4, 0.5) is 10.5 Å². The number of hydrogen-bond donors (Lipinski definition) is 2. The van der Waals surface area contributed by atoms with Crippen molar-refractivity contribution < 1.29 is 19.1 Å². The molecule has 1 atom stereocenters. The molecule has 1 unspecified atom stereocenters. The standard InChI is InChI=1S/C19H26BrN5O4/c1-19(2,3)29-18(28)22-10-5-4-9-15(16(26)12-20)23-17(27)13-7-6-8-14(11-13)24-25-21/h6-8,11,15H,4-5,9-10,12H2,1-3H3,(H,22,28)(H,23,27). The number of ether oxygens (including phenoxy) is 1. The highest BCUT2D eigenvalue weighted by Crippen LogP contribution is 2.15. The first-order chi connectivity index (χ1) is 13.7. The minimum atomic E-state index is -0.661. The molecule has 0 bridgehead atoms. The molecule has 1 aromatic carbocycles. The summed E-state index contributed by atoms with van der Waals surface area (Å²) in [7, 11) is 0. The van der Waals surface area contributed by atoms with E-state index in [1.165, 1.54) is 6.07 Å². The van der Waals surface area contributed by atoms with E-state index in [0.29, 0.717) is 37.1 Å². The monoisotopic (exact) mass is 467 g/mol. The third kappa shape index (κ3) is 9.96. The fraction of sp³-hybridized carbons (Fsp3) is 0.526. The lowest BCUT2D eigenvalue weighted by Gasteiger charge is -2.20. The normalized spacial score (nSPS) is 11.7. The Morgan fingerprint density at radius 1 is 1.28 bits per heavy atom. The van der Waals surface area contributed by atoms with E-state index in [2.05, 4.69) is 36.6 Å². The molecule has 0 fully saturated rings. The van der Waals surface area contributed by atoms with Gasteiger partial charge in [0.2, 0.25) is 0 Å². The van der Waals surface area contributed by atoms with E-state index in [1.54, 1.807) is 39.0 Å². The number of hydrogen-bond acceptors (Lipinski definition) is 5. The van der Waals surface area contributed by atoms with Gasteiger partial charge in [0.05, 0.1) is 11.4 Å². The molecule has 0 aliphatic heterocycles. The van der Waals surface area contributed by atoms with Crippen molar-refractivity contribution in [2.24, 2.45) is 5.11 Å². The molecule has 0 saturated heterocycles. The van der Waals surface area contributed by atoms with Crippen molar-refractivity contribution in [1.29, 1.82) is 0 Å². The fourth-order valence-electron chi connectivity index (χ4n) is 2.39. The Labute approximate surface area is 178 Å². The summed E-state index contributed by atoms with van der Waals surface area (Å²) in [6.07, 6.45) is 1.20. The molecule has 0 aromatic heterocycles. The van der Waals surface area contributed by atoms with Gasteiger partial charge in [-0.15, -0.1) is 0 Å². The number of carbonyl (C=O) groups excluding carboxylic acids is 3. The predicted octanol–water partition coefficient (Wildman–Crippen LogP) is 4.39. The Bertz CT molecular complexity index is 772. The molecule has 0 aliphatic carbocycles. The van der Waals surface area contributed by atoms with Crippen molar-refractivity contribution in [1.82, 2.24) is 10.6 Å². The van der Waals surface area contributed by atoms with Gasteiger partial charge >= 0.3 is 6.09 Å². The molecular formula is C19H26BrN5O4. The van der Waals surface area contributed by atoms with Gasteiger partial charge in [-0.25, -0.2) is 4.79 Å². The molecule has 9 nitrogen and oxygen atoms in total. The van der Waals surface area contributed by atoms with Gasteiger partial charge in [0, 0.05) is 22.7 Å². The molecule has 2 N–H and O–H groups in total. The zero-order valence-corrected chi connectivity index (χ0v) is 18.4. The van der Waals surface area contributed by atoms with Crippen molar-refractivity contribution in [3.63, 3.8) is 0 Å². The molecule has 10 heteroatoms. The zero-order chi connectivity index (χ0) is 21.9. The first-order valence-electron chi connectivity index (χ1n) is 9.18. The number of nitrogens with one attached hydrogen (secondary N) is 2. The van der Waals surface area contributed by atoms with Gasteiger partial charge in [0.25, 0.3) is 5.91 Å². The maximum atomic E-state index is 12.5. The smallest absolute Gasteiger partial charge is 0.407 e. The number of benzene rings is 1. The number of alkyl carbamates (subject to hydrolysis) is 1. The van der Waals surface area contributed by atoms with Crippen LogP contribution in [0.5, 0.6) is 0 Å². The van der Waals surface area contributed by atoms with Crippen LogP contribution in [-0.4, -0.2) is 41.3 Å². The Kier molecular flexibility index (Phi) is 10.2. The van der Waals surface area contributed by atoms with Gasteiger partial charge in [0.1, 0.15) is 5.60 Å². The van der Waals surface area contributed by atoms with Crippen LogP contribution in [0.2, 0.25) is 0 Å². The highest BCUT2D eigenvalue weighted by molar-refractivity contribution is 9.09. The van der Waals surface area contributed by atoms with Gasteiger partial charge < -0.3 is 15.4 Å². The number of alkyl halides is 1. The number of unbranched alkanes of at least 4 members (excludes halogenated alkanes) is 1. The number of carbonyl (C=O) groups is 3. The predicted molar refractivity (Wildman–Crippen MR) is 113 cm³/mol. The SMILES string of the molecule is CC(C)(C)OC(=O)NCCCCC(NC(=O)c1cccc(N=[N+]=[N-])c1)C(=O)CBr. The molecule has 29 heavy (non-hydrogen) atoms. The third-order valence-corrected chi connectivity index (χ3v) is 4.23. The Balaban J connectivity index is 2.55. The Morgan fingerprint density at radius 2 is 2.00 bits per heavy atom. The molecule has 0 saturated carbocycles. The molecule has 2 amide bonds. The molecule has 1 rings (SSSR count). The van der Waals surface area contributed by atoms with Crippen LogP contribution in [0.15, 0.2) is 29.4 Å². The van der Waals surface area contributed by atoms with E-state index in [-0.39, 0.29) is 11.1 Å². The van der Waals surface area contributed by atoms with Crippen molar-refractivity contribution >= 4 is 39.4 Å². The number of nitrogens with zero attached hydrogens (tertiary/aromatic N) is 3. The van der Waals surface area contributed by atoms with Crippen LogP contribution in [0.1, 0.15) is 50.4 Å². The molecule has 1 aromatic rings. The summed E-state index contributed by atoms with van der Waals surface area (Å²) in [4.78, 5) is 38.9. The quantitative estimate of drug-likeness (QED) is 0.173. The van der Waals surface area contributed by atoms with Crippen LogP contribution >= 0.6 is 15.9 Å². The minimum absolute atomic E-state index is 0.118. The summed E-state index contributed by atoms with van der Waals surface area (Å²) in [5.41, 5.74) is 8.56. The maximum absolute atomic E-state index is 12.5. The number of ketones is 1. The molecular weight excluding hydrogens is 442 g/mol. The van der Waals surface area contributed by atoms with E-state index >= 15 is 0 Å². The van der Waals surface area contributed by atoms with E-state index in [0.717, 1.165) is 0 Å². The minimum Gasteiger partial charge on any atom is -0.444 e.